The van der Waals surface area contributed by atoms with Gasteiger partial charge in [0.25, 0.3) is 0 Å². The number of nitrogens with one attached hydrogen (secondary N) is 1. The number of Topliss-reactive ketones (excluding diaryl/α,β-unsaturated/α-hetero) is 1. The first-order chi connectivity index (χ1) is 17.5. The van der Waals surface area contributed by atoms with Gasteiger partial charge in [-0.05, 0) is 66.3 Å². The topological polar surface area (TPSA) is 64.1 Å². The van der Waals surface area contributed by atoms with Crippen molar-refractivity contribution < 1.29 is 18.3 Å². The molecular formula is C28H25F2N3O2S. The second kappa shape index (κ2) is 10.6. The van der Waals surface area contributed by atoms with Crippen LogP contribution >= 0.6 is 11.3 Å². The summed E-state index contributed by atoms with van der Waals surface area (Å²) in [6, 6.07) is 13.9. The molecule has 36 heavy (non-hydrogen) atoms. The van der Waals surface area contributed by atoms with Gasteiger partial charge in [-0.2, -0.15) is 0 Å². The number of halogens is 2. The Balaban J connectivity index is 1.43. The lowest BCUT2D eigenvalue weighted by atomic mass is 9.98. The summed E-state index contributed by atoms with van der Waals surface area (Å²) in [4.78, 5) is 23.0. The maximum absolute atomic E-state index is 14.1. The molecule has 0 fully saturated rings. The molecule has 8 heteroatoms. The number of pyridine rings is 1. The Hall–Kier alpha value is -3.49. The van der Waals surface area contributed by atoms with Gasteiger partial charge < -0.3 is 10.1 Å². The number of aromatic nitrogens is 2. The molecule has 0 unspecified atom stereocenters. The van der Waals surface area contributed by atoms with Crippen LogP contribution in [0.5, 0.6) is 0 Å². The minimum absolute atomic E-state index is 0.219. The lowest BCUT2D eigenvalue weighted by molar-refractivity contribution is 0.0990. The van der Waals surface area contributed by atoms with Crippen LogP contribution in [0.1, 0.15) is 33.0 Å². The first-order valence-corrected chi connectivity index (χ1v) is 12.6. The van der Waals surface area contributed by atoms with Gasteiger partial charge in [-0.3, -0.25) is 4.79 Å². The van der Waals surface area contributed by atoms with Crippen LogP contribution in [0.3, 0.4) is 0 Å². The highest BCUT2D eigenvalue weighted by atomic mass is 32.1. The van der Waals surface area contributed by atoms with E-state index in [9.17, 15) is 13.6 Å². The lowest BCUT2D eigenvalue weighted by Gasteiger charge is -2.10. The van der Waals surface area contributed by atoms with Crippen LogP contribution in [0.25, 0.3) is 21.6 Å². The number of ether oxygens (including phenoxy) is 1. The molecule has 0 spiro atoms. The maximum Gasteiger partial charge on any atom is 0.195 e. The van der Waals surface area contributed by atoms with E-state index >= 15 is 0 Å². The Morgan fingerprint density at radius 1 is 1.08 bits per heavy atom. The fourth-order valence-corrected chi connectivity index (χ4v) is 5.47. The van der Waals surface area contributed by atoms with Crippen molar-refractivity contribution in [1.82, 2.24) is 9.97 Å². The van der Waals surface area contributed by atoms with Crippen molar-refractivity contribution in [3.8, 4) is 21.6 Å². The van der Waals surface area contributed by atoms with Crippen molar-refractivity contribution in [3.05, 3.63) is 88.2 Å². The van der Waals surface area contributed by atoms with Crippen LogP contribution in [0.15, 0.2) is 54.7 Å². The second-order valence-corrected chi connectivity index (χ2v) is 9.67. The number of fused-ring (bicyclic) bond motifs is 3. The zero-order chi connectivity index (χ0) is 25.1. The van der Waals surface area contributed by atoms with E-state index in [2.05, 4.69) is 33.5 Å². The maximum atomic E-state index is 14.1. The zero-order valence-electron chi connectivity index (χ0n) is 19.8. The van der Waals surface area contributed by atoms with Gasteiger partial charge in [0.1, 0.15) is 17.5 Å². The van der Waals surface area contributed by atoms with Crippen molar-refractivity contribution in [1.29, 1.82) is 0 Å². The van der Waals surface area contributed by atoms with Crippen molar-refractivity contribution in [2.75, 3.05) is 25.6 Å². The molecule has 1 aliphatic rings. The van der Waals surface area contributed by atoms with E-state index in [1.807, 2.05) is 18.3 Å². The molecule has 4 aromatic rings. The first-order valence-electron chi connectivity index (χ1n) is 11.8. The van der Waals surface area contributed by atoms with E-state index in [0.29, 0.717) is 13.2 Å². The molecule has 184 valence electrons. The normalized spacial score (nSPS) is 12.5. The number of methoxy groups -OCH3 is 1. The van der Waals surface area contributed by atoms with Crippen LogP contribution in [-0.4, -0.2) is 36.0 Å². The van der Waals surface area contributed by atoms with Crippen LogP contribution in [-0.2, 0) is 24.0 Å². The highest BCUT2D eigenvalue weighted by Crippen LogP contribution is 2.39. The average molecular weight is 506 g/mol. The lowest BCUT2D eigenvalue weighted by Crippen LogP contribution is -2.08. The number of benzene rings is 2. The predicted molar refractivity (Wildman–Crippen MR) is 138 cm³/mol. The van der Waals surface area contributed by atoms with E-state index in [4.69, 9.17) is 4.74 Å². The summed E-state index contributed by atoms with van der Waals surface area (Å²) >= 11 is 1.30. The molecular weight excluding hydrogens is 480 g/mol. The van der Waals surface area contributed by atoms with E-state index in [1.54, 1.807) is 7.11 Å². The molecule has 5 nitrogen and oxygen atoms in total. The third kappa shape index (κ3) is 5.05. The number of hydrogen-bond donors (Lipinski definition) is 1. The number of carbonyl (C=O) groups is 1. The van der Waals surface area contributed by atoms with Crippen LogP contribution in [0.4, 0.5) is 14.6 Å². The molecule has 0 aliphatic heterocycles. The molecule has 2 aromatic carbocycles. The Kier molecular flexibility index (Phi) is 7.16. The summed E-state index contributed by atoms with van der Waals surface area (Å²) in [6.45, 7) is 1.28. The number of hydrogen-bond acceptors (Lipinski definition) is 6. The molecule has 0 radical (unpaired) electrons. The quantitative estimate of drug-likeness (QED) is 0.231. The number of thiazole rings is 1. The first kappa shape index (κ1) is 24.2. The van der Waals surface area contributed by atoms with Crippen molar-refractivity contribution in [2.24, 2.45) is 0 Å². The standard InChI is InChI=1S/C28H25F2N3O2S/c1-35-13-12-31-26-11-10-19(16-32-26)18-9-8-17-4-2-7-24-27(20(17)14-18)36-28(33-24)25(34)15-21-22(29)5-3-6-23(21)30/h3,5-6,8-11,14,16H,2,4,7,12-13,15H2,1H3,(H,31,32). The van der Waals surface area contributed by atoms with Crippen LogP contribution in [0, 0.1) is 11.6 Å². The van der Waals surface area contributed by atoms with Gasteiger partial charge in [0, 0.05) is 37.4 Å². The molecule has 0 saturated carbocycles. The Morgan fingerprint density at radius 3 is 2.64 bits per heavy atom. The molecule has 0 saturated heterocycles. The van der Waals surface area contributed by atoms with Crippen molar-refractivity contribution in [2.45, 2.75) is 25.7 Å². The third-order valence-electron chi connectivity index (χ3n) is 6.26. The van der Waals surface area contributed by atoms with Gasteiger partial charge in [-0.15, -0.1) is 11.3 Å². The van der Waals surface area contributed by atoms with Gasteiger partial charge in [-0.1, -0.05) is 18.2 Å². The summed E-state index contributed by atoms with van der Waals surface area (Å²) in [7, 11) is 1.66. The molecule has 5 rings (SSSR count). The van der Waals surface area contributed by atoms with Crippen LogP contribution in [0.2, 0.25) is 0 Å². The van der Waals surface area contributed by atoms with Crippen molar-refractivity contribution in [3.63, 3.8) is 0 Å². The van der Waals surface area contributed by atoms with Gasteiger partial charge in [0.2, 0.25) is 0 Å². The van der Waals surface area contributed by atoms with E-state index in [0.717, 1.165) is 64.5 Å². The summed E-state index contributed by atoms with van der Waals surface area (Å²) in [5.74, 6) is -1.03. The average Bonchev–Trinajstić information content (AvgIpc) is 3.24. The molecule has 0 atom stereocenters. The Bertz CT molecular complexity index is 1380. The number of anilines is 1. The predicted octanol–water partition coefficient (Wildman–Crippen LogP) is 6.12. The highest BCUT2D eigenvalue weighted by molar-refractivity contribution is 7.17. The monoisotopic (exact) mass is 505 g/mol. The number of aryl methyl sites for hydroxylation is 2. The zero-order valence-corrected chi connectivity index (χ0v) is 20.6. The second-order valence-electron chi connectivity index (χ2n) is 8.67. The van der Waals surface area contributed by atoms with Crippen LogP contribution < -0.4 is 5.32 Å². The number of carbonyl (C=O) groups excluding carboxylic acids is 1. The van der Waals surface area contributed by atoms with Gasteiger partial charge >= 0.3 is 0 Å². The highest BCUT2D eigenvalue weighted by Gasteiger charge is 2.24. The van der Waals surface area contributed by atoms with Gasteiger partial charge in [-0.25, -0.2) is 18.7 Å². The molecule has 0 bridgehead atoms. The fraction of sp³-hybridized carbons (Fsp3) is 0.250. The third-order valence-corrected chi connectivity index (χ3v) is 7.43. The van der Waals surface area contributed by atoms with E-state index in [-0.39, 0.29) is 22.8 Å². The van der Waals surface area contributed by atoms with Crippen molar-refractivity contribution >= 4 is 22.9 Å². The molecule has 1 aliphatic carbocycles. The number of nitrogens with zero attached hydrogens (tertiary/aromatic N) is 2. The minimum atomic E-state index is -0.718. The van der Waals surface area contributed by atoms with Gasteiger partial charge in [0.05, 0.1) is 17.2 Å². The molecule has 0 amide bonds. The Morgan fingerprint density at radius 2 is 1.89 bits per heavy atom. The van der Waals surface area contributed by atoms with E-state index < -0.39 is 11.6 Å². The Labute approximate surface area is 212 Å². The summed E-state index contributed by atoms with van der Waals surface area (Å²) in [6.07, 6.45) is 4.07. The smallest absolute Gasteiger partial charge is 0.195 e. The minimum Gasteiger partial charge on any atom is -0.383 e. The summed E-state index contributed by atoms with van der Waals surface area (Å²) < 4.78 is 33.2. The molecule has 2 heterocycles. The summed E-state index contributed by atoms with van der Waals surface area (Å²) in [5, 5.41) is 3.50. The molecule has 2 aromatic heterocycles. The summed E-state index contributed by atoms with van der Waals surface area (Å²) in [5.41, 5.74) is 4.90. The molecule has 1 N–H and O–H groups in total. The number of rotatable bonds is 8. The SMILES string of the molecule is COCCNc1ccc(-c2ccc3c(c2)-c2sc(C(=O)Cc4c(F)cccc4F)nc2CCC3)cn1. The number of ketones is 1. The van der Waals surface area contributed by atoms with E-state index in [1.165, 1.54) is 23.0 Å². The fourth-order valence-electron chi connectivity index (χ4n) is 4.37. The van der Waals surface area contributed by atoms with Gasteiger partial charge in [0.15, 0.2) is 10.8 Å². The largest absolute Gasteiger partial charge is 0.383 e.